The molecule has 2 heterocycles. The highest BCUT2D eigenvalue weighted by Gasteiger charge is 2.16. The van der Waals surface area contributed by atoms with Crippen molar-refractivity contribution in [1.29, 1.82) is 0 Å². The average molecular weight is 460 g/mol. The minimum absolute atomic E-state index is 0.0211. The summed E-state index contributed by atoms with van der Waals surface area (Å²) in [5, 5.41) is 24.6. The number of non-ortho nitro benzene ring substituents is 1. The number of aryl methyl sites for hydroxylation is 2. The number of nitro benzene ring substituents is 1. The molecule has 0 saturated carbocycles. The minimum atomic E-state index is -0.984. The number of aromatic carboxylic acids is 1. The van der Waals surface area contributed by atoms with Crippen molar-refractivity contribution in [2.75, 3.05) is 0 Å². The second kappa shape index (κ2) is 8.66. The molecule has 172 valence electrons. The van der Waals surface area contributed by atoms with Crippen LogP contribution in [0.25, 0.3) is 16.7 Å². The van der Waals surface area contributed by atoms with Gasteiger partial charge in [0.2, 0.25) is 0 Å². The van der Waals surface area contributed by atoms with Crippen molar-refractivity contribution in [2.45, 2.75) is 20.8 Å². The van der Waals surface area contributed by atoms with Gasteiger partial charge in [-0.1, -0.05) is 0 Å². The van der Waals surface area contributed by atoms with Crippen molar-refractivity contribution >= 4 is 34.7 Å². The first-order chi connectivity index (χ1) is 16.2. The van der Waals surface area contributed by atoms with Crippen LogP contribution in [0, 0.1) is 30.9 Å². The van der Waals surface area contributed by atoms with Gasteiger partial charge < -0.3 is 14.1 Å². The predicted octanol–water partition coefficient (Wildman–Crippen LogP) is 4.52. The number of benzene rings is 2. The van der Waals surface area contributed by atoms with Crippen LogP contribution >= 0.6 is 0 Å². The summed E-state index contributed by atoms with van der Waals surface area (Å²) in [6.07, 6.45) is 1.51. The summed E-state index contributed by atoms with van der Waals surface area (Å²) in [4.78, 5) is 34.0. The Morgan fingerprint density at radius 3 is 2.56 bits per heavy atom. The molecule has 0 bridgehead atoms. The second-order valence-electron chi connectivity index (χ2n) is 7.76. The Bertz CT molecular complexity index is 1490. The van der Waals surface area contributed by atoms with E-state index in [-0.39, 0.29) is 17.0 Å². The Labute approximate surface area is 193 Å². The van der Waals surface area contributed by atoms with Crippen LogP contribution in [-0.2, 0) is 0 Å². The summed E-state index contributed by atoms with van der Waals surface area (Å²) in [6.45, 7) is 5.66. The summed E-state index contributed by atoms with van der Waals surface area (Å²) in [5.41, 5.74) is 7.07. The number of nitrogens with one attached hydrogen (secondary N) is 1. The van der Waals surface area contributed by atoms with E-state index in [0.717, 1.165) is 28.2 Å². The zero-order chi connectivity index (χ0) is 24.6. The molecule has 2 aromatic heterocycles. The van der Waals surface area contributed by atoms with Gasteiger partial charge in [-0.25, -0.2) is 10.2 Å². The number of hydrogen-bond donors (Lipinski definition) is 2. The van der Waals surface area contributed by atoms with E-state index in [1.807, 2.05) is 31.4 Å². The Kier molecular flexibility index (Phi) is 5.72. The molecule has 0 atom stereocenters. The zero-order valence-corrected chi connectivity index (χ0v) is 18.5. The van der Waals surface area contributed by atoms with Gasteiger partial charge in [-0.05, 0) is 62.7 Å². The third-order valence-electron chi connectivity index (χ3n) is 5.46. The highest BCUT2D eigenvalue weighted by molar-refractivity contribution is 5.97. The van der Waals surface area contributed by atoms with Gasteiger partial charge >= 0.3 is 11.9 Å². The highest BCUT2D eigenvalue weighted by Crippen LogP contribution is 2.25. The summed E-state index contributed by atoms with van der Waals surface area (Å²) >= 11 is 0. The van der Waals surface area contributed by atoms with E-state index >= 15 is 0 Å². The first kappa shape index (κ1) is 22.5. The van der Waals surface area contributed by atoms with Crippen LogP contribution in [0.15, 0.2) is 58.0 Å². The highest BCUT2D eigenvalue weighted by atomic mass is 16.6. The largest absolute Gasteiger partial charge is 0.478 e. The number of carbonyl (C=O) groups is 2. The summed E-state index contributed by atoms with van der Waals surface area (Å²) in [5.74, 6) is -1.60. The van der Waals surface area contributed by atoms with Crippen molar-refractivity contribution in [1.82, 2.24) is 9.99 Å². The number of carboxylic acids is 1. The molecule has 0 radical (unpaired) electrons. The van der Waals surface area contributed by atoms with Gasteiger partial charge in [0, 0.05) is 40.2 Å². The molecular formula is C24H20N4O6. The van der Waals surface area contributed by atoms with E-state index in [9.17, 15) is 24.8 Å². The number of rotatable bonds is 6. The third-order valence-corrected chi connectivity index (χ3v) is 5.46. The number of nitro groups is 1. The lowest BCUT2D eigenvalue weighted by atomic mass is 10.1. The number of furan rings is 1. The summed E-state index contributed by atoms with van der Waals surface area (Å²) in [7, 11) is 0. The normalized spacial score (nSPS) is 11.3. The maximum Gasteiger partial charge on any atom is 0.335 e. The first-order valence-corrected chi connectivity index (χ1v) is 10.2. The lowest BCUT2D eigenvalue weighted by Gasteiger charge is -2.13. The molecule has 10 heteroatoms. The second-order valence-corrected chi connectivity index (χ2v) is 7.76. The van der Waals surface area contributed by atoms with Gasteiger partial charge in [0.1, 0.15) is 5.58 Å². The molecule has 2 aromatic carbocycles. The fraction of sp³-hybridized carbons (Fsp3) is 0.125. The molecule has 0 unspecified atom stereocenters. The van der Waals surface area contributed by atoms with Crippen LogP contribution < -0.4 is 5.43 Å². The van der Waals surface area contributed by atoms with Gasteiger partial charge in [0.15, 0.2) is 5.76 Å². The van der Waals surface area contributed by atoms with Gasteiger partial charge in [-0.3, -0.25) is 14.9 Å². The molecule has 4 rings (SSSR count). The Morgan fingerprint density at radius 1 is 1.12 bits per heavy atom. The summed E-state index contributed by atoms with van der Waals surface area (Å²) in [6, 6.07) is 12.3. The van der Waals surface area contributed by atoms with Crippen molar-refractivity contribution in [3.05, 3.63) is 92.5 Å². The zero-order valence-electron chi connectivity index (χ0n) is 18.5. The van der Waals surface area contributed by atoms with Crippen LogP contribution in [0.3, 0.4) is 0 Å². The van der Waals surface area contributed by atoms with Crippen LogP contribution in [0.2, 0.25) is 0 Å². The van der Waals surface area contributed by atoms with Crippen LogP contribution in [0.4, 0.5) is 5.69 Å². The molecule has 34 heavy (non-hydrogen) atoms. The molecule has 4 aromatic rings. The molecule has 0 aliphatic heterocycles. The summed E-state index contributed by atoms with van der Waals surface area (Å²) < 4.78 is 7.44. The number of hydrogen-bond acceptors (Lipinski definition) is 6. The van der Waals surface area contributed by atoms with Crippen molar-refractivity contribution in [3.63, 3.8) is 0 Å². The number of amides is 1. The van der Waals surface area contributed by atoms with Crippen LogP contribution in [0.5, 0.6) is 0 Å². The van der Waals surface area contributed by atoms with Gasteiger partial charge in [-0.2, -0.15) is 5.10 Å². The number of carbonyl (C=O) groups excluding carboxylic acids is 1. The molecule has 0 fully saturated rings. The van der Waals surface area contributed by atoms with E-state index < -0.39 is 16.8 Å². The van der Waals surface area contributed by atoms with E-state index in [0.29, 0.717) is 11.0 Å². The molecule has 0 saturated heterocycles. The first-order valence-electron chi connectivity index (χ1n) is 10.2. The average Bonchev–Trinajstić information content (AvgIpc) is 3.34. The van der Waals surface area contributed by atoms with Crippen molar-refractivity contribution in [2.24, 2.45) is 5.10 Å². The Balaban J connectivity index is 1.54. The standard InChI is InChI=1S/C24H20N4O6/c1-13-8-16(24(30)31)4-6-20(13)27-14(2)9-18(15(27)3)12-25-26-23(29)22-11-17-10-19(28(32)33)5-7-21(17)34-22/h4-12H,1-3H3,(H,26,29)(H,30,31)/b25-12+. The molecule has 2 N–H and O–H groups in total. The van der Waals surface area contributed by atoms with E-state index in [4.69, 9.17) is 4.42 Å². The predicted molar refractivity (Wildman–Crippen MR) is 125 cm³/mol. The molecule has 10 nitrogen and oxygen atoms in total. The SMILES string of the molecule is Cc1cc(C(=O)O)ccc1-n1c(C)cc(/C=N/NC(=O)c2cc3cc([N+](=O)[O-])ccc3o2)c1C. The van der Waals surface area contributed by atoms with Crippen molar-refractivity contribution in [3.8, 4) is 5.69 Å². The van der Waals surface area contributed by atoms with Gasteiger partial charge in [0.05, 0.1) is 16.7 Å². The van der Waals surface area contributed by atoms with Crippen LogP contribution in [-0.4, -0.2) is 32.7 Å². The number of fused-ring (bicyclic) bond motifs is 1. The fourth-order valence-corrected chi connectivity index (χ4v) is 3.80. The van der Waals surface area contributed by atoms with Gasteiger partial charge in [-0.15, -0.1) is 0 Å². The van der Waals surface area contributed by atoms with Crippen LogP contribution in [0.1, 0.15) is 43.4 Å². The number of hydrazone groups is 1. The van der Waals surface area contributed by atoms with Gasteiger partial charge in [0.25, 0.3) is 5.69 Å². The van der Waals surface area contributed by atoms with Crippen molar-refractivity contribution < 1.29 is 24.0 Å². The van der Waals surface area contributed by atoms with E-state index in [1.165, 1.54) is 30.5 Å². The lowest BCUT2D eigenvalue weighted by Crippen LogP contribution is -2.16. The minimum Gasteiger partial charge on any atom is -0.478 e. The number of nitrogens with zero attached hydrogens (tertiary/aromatic N) is 3. The van der Waals surface area contributed by atoms with E-state index in [2.05, 4.69) is 10.5 Å². The molecule has 0 aliphatic rings. The van der Waals surface area contributed by atoms with E-state index in [1.54, 1.807) is 18.2 Å². The lowest BCUT2D eigenvalue weighted by molar-refractivity contribution is -0.384. The fourth-order valence-electron chi connectivity index (χ4n) is 3.80. The molecule has 0 spiro atoms. The molecule has 1 amide bonds. The smallest absolute Gasteiger partial charge is 0.335 e. The Morgan fingerprint density at radius 2 is 1.88 bits per heavy atom. The Hall–Kier alpha value is -4.73. The monoisotopic (exact) mass is 460 g/mol. The molecular weight excluding hydrogens is 440 g/mol. The third kappa shape index (κ3) is 4.16. The quantitative estimate of drug-likeness (QED) is 0.246. The molecule has 0 aliphatic carbocycles. The number of aromatic nitrogens is 1. The topological polar surface area (TPSA) is 140 Å². The number of carboxylic acid groups (broad SMARTS) is 1. The maximum atomic E-state index is 12.4. The maximum absolute atomic E-state index is 12.4.